The van der Waals surface area contributed by atoms with Crippen LogP contribution >= 0.6 is 0 Å². The molecule has 0 aliphatic rings. The fourth-order valence-electron chi connectivity index (χ4n) is 1.30. The van der Waals surface area contributed by atoms with E-state index in [1.165, 1.54) is 0 Å². The summed E-state index contributed by atoms with van der Waals surface area (Å²) in [5.74, 6) is 0.942. The van der Waals surface area contributed by atoms with Crippen molar-refractivity contribution in [1.82, 2.24) is 5.32 Å². The van der Waals surface area contributed by atoms with Crippen molar-refractivity contribution in [3.63, 3.8) is 0 Å². The third-order valence-electron chi connectivity index (χ3n) is 1.94. The minimum atomic E-state index is 0.0740. The molecule has 0 aliphatic heterocycles. The number of carbonyl (C=O) groups is 1. The van der Waals surface area contributed by atoms with Crippen molar-refractivity contribution in [2.75, 3.05) is 7.05 Å². The van der Waals surface area contributed by atoms with Crippen LogP contribution in [0.5, 0.6) is 0 Å². The molecule has 0 rings (SSSR count). The third kappa shape index (κ3) is 4.50. The highest BCUT2D eigenvalue weighted by molar-refractivity contribution is 5.83. The summed E-state index contributed by atoms with van der Waals surface area (Å²) < 4.78 is 0. The van der Waals surface area contributed by atoms with Gasteiger partial charge >= 0.3 is 0 Å². The van der Waals surface area contributed by atoms with E-state index < -0.39 is 0 Å². The maximum Gasteiger partial charge on any atom is 0.149 e. The number of rotatable bonds is 6. The Morgan fingerprint density at radius 1 is 1.42 bits per heavy atom. The summed E-state index contributed by atoms with van der Waals surface area (Å²) in [6.45, 7) is 6.33. The molecule has 0 saturated carbocycles. The van der Waals surface area contributed by atoms with E-state index >= 15 is 0 Å². The predicted octanol–water partition coefficient (Wildman–Crippen LogP) is 1.99. The first kappa shape index (κ1) is 11.6. The van der Waals surface area contributed by atoms with E-state index in [-0.39, 0.29) is 6.04 Å². The van der Waals surface area contributed by atoms with Crippen molar-refractivity contribution >= 4 is 5.78 Å². The Balaban J connectivity index is 3.87. The summed E-state index contributed by atoms with van der Waals surface area (Å²) in [5.41, 5.74) is 0. The van der Waals surface area contributed by atoms with E-state index in [2.05, 4.69) is 19.2 Å². The van der Waals surface area contributed by atoms with Gasteiger partial charge in [0.15, 0.2) is 0 Å². The minimum Gasteiger partial charge on any atom is -0.311 e. The van der Waals surface area contributed by atoms with Crippen LogP contribution in [0.1, 0.15) is 40.0 Å². The molecule has 2 heteroatoms. The van der Waals surface area contributed by atoms with Crippen LogP contribution < -0.4 is 5.32 Å². The second kappa shape index (κ2) is 6.18. The second-order valence-corrected chi connectivity index (χ2v) is 3.69. The van der Waals surface area contributed by atoms with E-state index in [0.717, 1.165) is 12.8 Å². The van der Waals surface area contributed by atoms with E-state index in [1.54, 1.807) is 0 Å². The van der Waals surface area contributed by atoms with Crippen molar-refractivity contribution < 1.29 is 4.79 Å². The SMILES string of the molecule is CCCC(=O)[C@H](CC(C)C)NC. The van der Waals surface area contributed by atoms with Gasteiger partial charge in [0.1, 0.15) is 5.78 Å². The van der Waals surface area contributed by atoms with Crippen molar-refractivity contribution in [2.24, 2.45) is 5.92 Å². The van der Waals surface area contributed by atoms with Gasteiger partial charge in [-0.15, -0.1) is 0 Å². The zero-order valence-electron chi connectivity index (χ0n) is 8.68. The van der Waals surface area contributed by atoms with Crippen LogP contribution in [-0.2, 0) is 4.79 Å². The number of hydrogen-bond donors (Lipinski definition) is 1. The van der Waals surface area contributed by atoms with Crippen LogP contribution in [-0.4, -0.2) is 18.9 Å². The first-order valence-electron chi connectivity index (χ1n) is 4.81. The van der Waals surface area contributed by atoms with Gasteiger partial charge in [0.2, 0.25) is 0 Å². The van der Waals surface area contributed by atoms with Gasteiger partial charge in [-0.2, -0.15) is 0 Å². The van der Waals surface area contributed by atoms with Crippen LogP contribution in [0.3, 0.4) is 0 Å². The van der Waals surface area contributed by atoms with Crippen LogP contribution in [0, 0.1) is 5.92 Å². The monoisotopic (exact) mass is 171 g/mol. The van der Waals surface area contributed by atoms with Crippen LogP contribution in [0.15, 0.2) is 0 Å². The number of nitrogens with one attached hydrogen (secondary N) is 1. The normalized spacial score (nSPS) is 13.4. The van der Waals surface area contributed by atoms with Crippen molar-refractivity contribution in [3.05, 3.63) is 0 Å². The number of Topliss-reactive ketones (excluding diaryl/α,β-unsaturated/α-hetero) is 1. The maximum atomic E-state index is 11.4. The quantitative estimate of drug-likeness (QED) is 0.662. The average Bonchev–Trinajstić information content (AvgIpc) is 2.00. The molecule has 0 aliphatic carbocycles. The summed E-state index contributed by atoms with van der Waals surface area (Å²) in [6.07, 6.45) is 2.61. The lowest BCUT2D eigenvalue weighted by atomic mass is 9.98. The molecule has 1 atom stereocenters. The molecular formula is C10H21NO. The van der Waals surface area contributed by atoms with Gasteiger partial charge in [-0.3, -0.25) is 4.79 Å². The van der Waals surface area contributed by atoms with E-state index in [1.807, 2.05) is 14.0 Å². The standard InChI is InChI=1S/C10H21NO/c1-5-6-10(12)9(11-4)7-8(2)3/h8-9,11H,5-7H2,1-4H3/t9-/m0/s1. The zero-order valence-corrected chi connectivity index (χ0v) is 8.68. The van der Waals surface area contributed by atoms with Gasteiger partial charge in [0.05, 0.1) is 6.04 Å². The molecule has 0 radical (unpaired) electrons. The molecule has 0 saturated heterocycles. The van der Waals surface area contributed by atoms with Gasteiger partial charge in [-0.1, -0.05) is 20.8 Å². The van der Waals surface area contributed by atoms with Gasteiger partial charge in [-0.25, -0.2) is 0 Å². The summed E-state index contributed by atoms with van der Waals surface area (Å²) in [6, 6.07) is 0.0740. The molecule has 0 aromatic rings. The Kier molecular flexibility index (Phi) is 5.99. The fourth-order valence-corrected chi connectivity index (χ4v) is 1.30. The summed E-state index contributed by atoms with van der Waals surface area (Å²) in [4.78, 5) is 11.4. The number of likely N-dealkylation sites (N-methyl/N-ethyl adjacent to an activating group) is 1. The Morgan fingerprint density at radius 2 is 2.00 bits per heavy atom. The predicted molar refractivity (Wildman–Crippen MR) is 52.2 cm³/mol. The van der Waals surface area contributed by atoms with Gasteiger partial charge in [-0.05, 0) is 25.8 Å². The second-order valence-electron chi connectivity index (χ2n) is 3.69. The van der Waals surface area contributed by atoms with Crippen LogP contribution in [0.2, 0.25) is 0 Å². The lowest BCUT2D eigenvalue weighted by molar-refractivity contribution is -0.121. The largest absolute Gasteiger partial charge is 0.311 e. The lowest BCUT2D eigenvalue weighted by Gasteiger charge is -2.16. The summed E-state index contributed by atoms with van der Waals surface area (Å²) >= 11 is 0. The molecule has 0 spiro atoms. The molecule has 0 bridgehead atoms. The number of carbonyl (C=O) groups excluding carboxylic acids is 1. The Hall–Kier alpha value is -0.370. The Bertz CT molecular complexity index is 132. The van der Waals surface area contributed by atoms with Crippen molar-refractivity contribution in [3.8, 4) is 0 Å². The topological polar surface area (TPSA) is 29.1 Å². The van der Waals surface area contributed by atoms with Crippen molar-refractivity contribution in [2.45, 2.75) is 46.1 Å². The van der Waals surface area contributed by atoms with Gasteiger partial charge < -0.3 is 5.32 Å². The highest BCUT2D eigenvalue weighted by Crippen LogP contribution is 2.07. The number of hydrogen-bond acceptors (Lipinski definition) is 2. The molecule has 0 aromatic carbocycles. The van der Waals surface area contributed by atoms with Crippen molar-refractivity contribution in [1.29, 1.82) is 0 Å². The molecule has 0 amide bonds. The highest BCUT2D eigenvalue weighted by Gasteiger charge is 2.15. The Morgan fingerprint density at radius 3 is 2.33 bits per heavy atom. The lowest BCUT2D eigenvalue weighted by Crippen LogP contribution is -2.35. The first-order valence-corrected chi connectivity index (χ1v) is 4.81. The minimum absolute atomic E-state index is 0.0740. The fraction of sp³-hybridized carbons (Fsp3) is 0.900. The smallest absolute Gasteiger partial charge is 0.149 e. The molecule has 0 heterocycles. The third-order valence-corrected chi connectivity index (χ3v) is 1.94. The maximum absolute atomic E-state index is 11.4. The molecule has 12 heavy (non-hydrogen) atoms. The number of ketones is 1. The molecule has 72 valence electrons. The highest BCUT2D eigenvalue weighted by atomic mass is 16.1. The molecule has 0 fully saturated rings. The van der Waals surface area contributed by atoms with Gasteiger partial charge in [0.25, 0.3) is 0 Å². The summed E-state index contributed by atoms with van der Waals surface area (Å²) in [5, 5.41) is 3.07. The Labute approximate surface area is 75.7 Å². The molecule has 0 aromatic heterocycles. The molecule has 0 unspecified atom stereocenters. The molecular weight excluding hydrogens is 150 g/mol. The first-order chi connectivity index (χ1) is 5.61. The zero-order chi connectivity index (χ0) is 9.56. The van der Waals surface area contributed by atoms with E-state index in [0.29, 0.717) is 18.1 Å². The van der Waals surface area contributed by atoms with Crippen LogP contribution in [0.25, 0.3) is 0 Å². The van der Waals surface area contributed by atoms with Crippen LogP contribution in [0.4, 0.5) is 0 Å². The summed E-state index contributed by atoms with van der Waals surface area (Å²) in [7, 11) is 1.86. The van der Waals surface area contributed by atoms with E-state index in [4.69, 9.17) is 0 Å². The van der Waals surface area contributed by atoms with E-state index in [9.17, 15) is 4.79 Å². The molecule has 2 nitrogen and oxygen atoms in total. The average molecular weight is 171 g/mol. The van der Waals surface area contributed by atoms with Gasteiger partial charge in [0, 0.05) is 6.42 Å². The molecule has 1 N–H and O–H groups in total.